The summed E-state index contributed by atoms with van der Waals surface area (Å²) in [7, 11) is 0. The largest absolute Gasteiger partial charge is 0.383 e. The van der Waals surface area contributed by atoms with Gasteiger partial charge in [-0.2, -0.15) is 5.10 Å². The van der Waals surface area contributed by atoms with Crippen molar-refractivity contribution < 1.29 is 0 Å². The van der Waals surface area contributed by atoms with Gasteiger partial charge in [-0.05, 0) is 31.0 Å². The van der Waals surface area contributed by atoms with Gasteiger partial charge in [0.2, 0.25) is 0 Å². The molecule has 0 radical (unpaired) electrons. The predicted octanol–water partition coefficient (Wildman–Crippen LogP) is 2.50. The van der Waals surface area contributed by atoms with Crippen LogP contribution in [0.5, 0.6) is 0 Å². The smallest absolute Gasteiger partial charge is 0.139 e. The normalized spacial score (nSPS) is 11.3. The third-order valence-corrected chi connectivity index (χ3v) is 3.20. The molecule has 3 aromatic heterocycles. The lowest BCUT2D eigenvalue weighted by molar-refractivity contribution is 0.608. The molecule has 5 heteroatoms. The molecule has 0 bridgehead atoms. The summed E-state index contributed by atoms with van der Waals surface area (Å²) in [4.78, 5) is 4.62. The van der Waals surface area contributed by atoms with Crippen LogP contribution in [-0.4, -0.2) is 19.2 Å². The number of rotatable bonds is 3. The maximum absolute atomic E-state index is 6.22. The second kappa shape index (κ2) is 4.42. The van der Waals surface area contributed by atoms with E-state index in [2.05, 4.69) is 17.0 Å². The zero-order valence-electron chi connectivity index (χ0n) is 11.2. The Balaban J connectivity index is 2.19. The lowest BCUT2D eigenvalue weighted by Gasteiger charge is -2.04. The van der Waals surface area contributed by atoms with Gasteiger partial charge in [0.15, 0.2) is 0 Å². The zero-order chi connectivity index (χ0) is 13.4. The molecule has 3 heterocycles. The monoisotopic (exact) mass is 255 g/mol. The molecule has 98 valence electrons. The Morgan fingerprint density at radius 2 is 2.11 bits per heavy atom. The minimum absolute atomic E-state index is 0.663. The van der Waals surface area contributed by atoms with E-state index < -0.39 is 0 Å². The second-order valence-corrected chi connectivity index (χ2v) is 4.72. The first-order chi connectivity index (χ1) is 9.20. The van der Waals surface area contributed by atoms with Crippen LogP contribution in [0.25, 0.3) is 17.0 Å². The van der Waals surface area contributed by atoms with E-state index in [4.69, 9.17) is 5.73 Å². The molecular formula is C14H17N5. The van der Waals surface area contributed by atoms with Crippen molar-refractivity contribution >= 4 is 11.5 Å². The topological polar surface area (TPSA) is 61.1 Å². The number of hydrogen-bond donors (Lipinski definition) is 1. The summed E-state index contributed by atoms with van der Waals surface area (Å²) >= 11 is 0. The summed E-state index contributed by atoms with van der Waals surface area (Å²) < 4.78 is 3.87. The Morgan fingerprint density at radius 3 is 2.89 bits per heavy atom. The minimum Gasteiger partial charge on any atom is -0.383 e. The fourth-order valence-corrected chi connectivity index (χ4v) is 2.28. The van der Waals surface area contributed by atoms with Crippen molar-refractivity contribution in [1.82, 2.24) is 19.2 Å². The molecule has 0 fully saturated rings. The molecule has 19 heavy (non-hydrogen) atoms. The molecule has 3 aromatic rings. The molecule has 0 aliphatic rings. The number of hydrogen-bond acceptors (Lipinski definition) is 3. The number of nitrogen functional groups attached to an aromatic ring is 1. The van der Waals surface area contributed by atoms with E-state index in [0.29, 0.717) is 5.82 Å². The summed E-state index contributed by atoms with van der Waals surface area (Å²) in [6.45, 7) is 5.04. The summed E-state index contributed by atoms with van der Waals surface area (Å²) in [5.41, 5.74) is 10.0. The number of imidazole rings is 1. The Bertz CT molecular complexity index is 723. The molecule has 0 saturated carbocycles. The highest BCUT2D eigenvalue weighted by Crippen LogP contribution is 2.26. The van der Waals surface area contributed by atoms with Crippen LogP contribution in [0.3, 0.4) is 0 Å². The highest BCUT2D eigenvalue weighted by molar-refractivity contribution is 5.72. The van der Waals surface area contributed by atoms with Gasteiger partial charge in [-0.3, -0.25) is 9.08 Å². The first-order valence-electron chi connectivity index (χ1n) is 6.47. The van der Waals surface area contributed by atoms with Crippen LogP contribution in [0.4, 0.5) is 5.82 Å². The summed E-state index contributed by atoms with van der Waals surface area (Å²) in [5.74, 6) is 0.663. The number of anilines is 1. The van der Waals surface area contributed by atoms with Crippen molar-refractivity contribution in [2.75, 3.05) is 5.73 Å². The number of pyridine rings is 1. The quantitative estimate of drug-likeness (QED) is 0.782. The zero-order valence-corrected chi connectivity index (χ0v) is 11.2. The van der Waals surface area contributed by atoms with Crippen LogP contribution in [0, 0.1) is 6.92 Å². The highest BCUT2D eigenvalue weighted by Gasteiger charge is 2.14. The molecule has 0 aromatic carbocycles. The number of nitrogens with zero attached hydrogens (tertiary/aromatic N) is 4. The first-order valence-corrected chi connectivity index (χ1v) is 6.47. The number of aryl methyl sites for hydroxylation is 2. The second-order valence-electron chi connectivity index (χ2n) is 4.72. The van der Waals surface area contributed by atoms with Crippen molar-refractivity contribution in [3.05, 3.63) is 36.2 Å². The van der Waals surface area contributed by atoms with Gasteiger partial charge < -0.3 is 5.73 Å². The van der Waals surface area contributed by atoms with Gasteiger partial charge >= 0.3 is 0 Å². The van der Waals surface area contributed by atoms with Gasteiger partial charge in [-0.15, -0.1) is 0 Å². The predicted molar refractivity (Wildman–Crippen MR) is 75.9 cm³/mol. The number of aromatic nitrogens is 4. The van der Waals surface area contributed by atoms with E-state index in [1.54, 1.807) is 6.20 Å². The van der Waals surface area contributed by atoms with E-state index >= 15 is 0 Å². The Morgan fingerprint density at radius 1 is 1.26 bits per heavy atom. The van der Waals surface area contributed by atoms with E-state index in [1.807, 2.05) is 40.4 Å². The molecule has 2 N–H and O–H groups in total. The molecule has 0 aliphatic heterocycles. The van der Waals surface area contributed by atoms with E-state index in [0.717, 1.165) is 35.6 Å². The van der Waals surface area contributed by atoms with Crippen LogP contribution in [0.2, 0.25) is 0 Å². The molecule has 0 saturated heterocycles. The van der Waals surface area contributed by atoms with Gasteiger partial charge in [-0.25, -0.2) is 4.98 Å². The maximum Gasteiger partial charge on any atom is 0.139 e. The summed E-state index contributed by atoms with van der Waals surface area (Å²) in [6.07, 6.45) is 4.82. The molecule has 0 unspecified atom stereocenters. The summed E-state index contributed by atoms with van der Waals surface area (Å²) in [6, 6.07) is 5.98. The Labute approximate surface area is 111 Å². The first kappa shape index (κ1) is 11.8. The van der Waals surface area contributed by atoms with Crippen molar-refractivity contribution in [3.8, 4) is 11.4 Å². The third kappa shape index (κ3) is 1.87. The van der Waals surface area contributed by atoms with Crippen LogP contribution in [0.1, 0.15) is 18.9 Å². The van der Waals surface area contributed by atoms with E-state index in [9.17, 15) is 0 Å². The lowest BCUT2D eigenvalue weighted by atomic mass is 10.3. The molecular weight excluding hydrogens is 238 g/mol. The molecule has 0 amide bonds. The fourth-order valence-electron chi connectivity index (χ4n) is 2.28. The highest BCUT2D eigenvalue weighted by atomic mass is 15.3. The van der Waals surface area contributed by atoms with Gasteiger partial charge in [0.05, 0.1) is 5.69 Å². The van der Waals surface area contributed by atoms with Gasteiger partial charge in [0, 0.05) is 18.9 Å². The van der Waals surface area contributed by atoms with Crippen molar-refractivity contribution in [2.24, 2.45) is 0 Å². The van der Waals surface area contributed by atoms with Crippen LogP contribution >= 0.6 is 0 Å². The van der Waals surface area contributed by atoms with Gasteiger partial charge in [-0.1, -0.05) is 13.0 Å². The Kier molecular flexibility index (Phi) is 2.74. The van der Waals surface area contributed by atoms with Crippen LogP contribution in [-0.2, 0) is 6.54 Å². The molecule has 3 rings (SSSR count). The molecule has 0 aliphatic carbocycles. The molecule has 5 nitrogen and oxygen atoms in total. The van der Waals surface area contributed by atoms with Gasteiger partial charge in [0.1, 0.15) is 17.2 Å². The van der Waals surface area contributed by atoms with Crippen LogP contribution < -0.4 is 5.73 Å². The standard InChI is InChI=1S/C14H17N5/c1-3-8-19-11(6-7-16-19)13-14(15)18-9-10(2)4-5-12(18)17-13/h4-7,9H,3,8,15H2,1-2H3. The van der Waals surface area contributed by atoms with Crippen molar-refractivity contribution in [1.29, 1.82) is 0 Å². The molecule has 0 spiro atoms. The maximum atomic E-state index is 6.22. The summed E-state index contributed by atoms with van der Waals surface area (Å²) in [5, 5.41) is 4.32. The third-order valence-electron chi connectivity index (χ3n) is 3.20. The van der Waals surface area contributed by atoms with Crippen molar-refractivity contribution in [3.63, 3.8) is 0 Å². The van der Waals surface area contributed by atoms with Crippen molar-refractivity contribution in [2.45, 2.75) is 26.8 Å². The van der Waals surface area contributed by atoms with E-state index in [1.165, 1.54) is 0 Å². The lowest BCUT2D eigenvalue weighted by Crippen LogP contribution is -2.03. The number of fused-ring (bicyclic) bond motifs is 1. The number of nitrogens with two attached hydrogens (primary N) is 1. The van der Waals surface area contributed by atoms with Gasteiger partial charge in [0.25, 0.3) is 0 Å². The average molecular weight is 255 g/mol. The Hall–Kier alpha value is -2.30. The van der Waals surface area contributed by atoms with E-state index in [-0.39, 0.29) is 0 Å². The van der Waals surface area contributed by atoms with Crippen LogP contribution in [0.15, 0.2) is 30.6 Å². The minimum atomic E-state index is 0.663. The average Bonchev–Trinajstić information content (AvgIpc) is 2.96. The SMILES string of the molecule is CCCn1nccc1-c1nc2ccc(C)cn2c1N. The molecule has 0 atom stereocenters. The fraction of sp³-hybridized carbons (Fsp3) is 0.286.